The van der Waals surface area contributed by atoms with E-state index < -0.39 is 62.0 Å². The van der Waals surface area contributed by atoms with Gasteiger partial charge in [0.15, 0.2) is 15.2 Å². The molecule has 10 nitrogen and oxygen atoms in total. The zero-order chi connectivity index (χ0) is 20.2. The summed E-state index contributed by atoms with van der Waals surface area (Å²) in [7, 11) is -3.89. The molecule has 1 amide bonds. The highest BCUT2D eigenvalue weighted by atomic mass is 32.2. The molecule has 0 aromatic heterocycles. The first kappa shape index (κ1) is 20.4. The van der Waals surface area contributed by atoms with Gasteiger partial charge in [0.25, 0.3) is 5.79 Å². The van der Waals surface area contributed by atoms with Crippen molar-refractivity contribution in [3.05, 3.63) is 0 Å². The molecule has 1 unspecified atom stereocenters. The van der Waals surface area contributed by atoms with E-state index in [1.807, 2.05) is 0 Å². The van der Waals surface area contributed by atoms with Gasteiger partial charge in [0.1, 0.15) is 16.8 Å². The Hall–Kier alpha value is -1.88. The summed E-state index contributed by atoms with van der Waals surface area (Å²) in [4.78, 5) is 37.2. The summed E-state index contributed by atoms with van der Waals surface area (Å²) in [5.74, 6) is -3.38. The molecular weight excluding hydrogens is 368 g/mol. The zero-order valence-corrected chi connectivity index (χ0v) is 16.3. The highest BCUT2D eigenvalue weighted by Gasteiger charge is 2.71. The lowest BCUT2D eigenvalue weighted by molar-refractivity contribution is -0.209. The molecule has 26 heavy (non-hydrogen) atoms. The number of ether oxygens (including phenoxy) is 3. The van der Waals surface area contributed by atoms with Gasteiger partial charge in [0, 0.05) is 13.8 Å². The van der Waals surface area contributed by atoms with Crippen LogP contribution >= 0.6 is 0 Å². The van der Waals surface area contributed by atoms with E-state index in [1.165, 1.54) is 27.7 Å². The van der Waals surface area contributed by atoms with Crippen molar-refractivity contribution in [2.75, 3.05) is 0 Å². The monoisotopic (exact) mass is 392 g/mol. The average molecular weight is 392 g/mol. The number of sulfone groups is 1. The fourth-order valence-corrected chi connectivity index (χ4v) is 5.23. The molecule has 0 aliphatic carbocycles. The van der Waals surface area contributed by atoms with Crippen LogP contribution in [0.25, 0.3) is 0 Å². The molecule has 0 aromatic carbocycles. The predicted octanol–water partition coefficient (Wildman–Crippen LogP) is -0.101. The van der Waals surface area contributed by atoms with Crippen LogP contribution in [0, 0.1) is 0 Å². The van der Waals surface area contributed by atoms with Crippen LogP contribution in [0.15, 0.2) is 0 Å². The van der Waals surface area contributed by atoms with Gasteiger partial charge in [-0.2, -0.15) is 0 Å². The molecule has 2 N–H and O–H groups in total. The van der Waals surface area contributed by atoms with Gasteiger partial charge < -0.3 is 24.8 Å². The molecule has 2 rings (SSSR count). The van der Waals surface area contributed by atoms with E-state index in [4.69, 9.17) is 19.9 Å². The van der Waals surface area contributed by atoms with E-state index in [2.05, 4.69) is 0 Å². The minimum atomic E-state index is -3.89. The number of carbonyl (C=O) groups is 3. The molecule has 3 atom stereocenters. The van der Waals surface area contributed by atoms with E-state index in [9.17, 15) is 22.8 Å². The third-order valence-corrected chi connectivity index (χ3v) is 7.19. The number of amides is 1. The first-order valence-electron chi connectivity index (χ1n) is 8.07. The van der Waals surface area contributed by atoms with Crippen LogP contribution in [0.3, 0.4) is 0 Å². The highest BCUT2D eigenvalue weighted by Crippen LogP contribution is 2.45. The average Bonchev–Trinajstić information content (AvgIpc) is 2.57. The number of esters is 1. The van der Waals surface area contributed by atoms with Crippen molar-refractivity contribution in [3.8, 4) is 0 Å². The van der Waals surface area contributed by atoms with Gasteiger partial charge >= 0.3 is 12.1 Å². The first-order valence-corrected chi connectivity index (χ1v) is 9.62. The minimum absolute atomic E-state index is 0.436. The Bertz CT molecular complexity index is 743. The lowest BCUT2D eigenvalue weighted by atomic mass is 9.96. The van der Waals surface area contributed by atoms with Crippen LogP contribution in [0.2, 0.25) is 0 Å². The molecule has 0 radical (unpaired) electrons. The number of nitrogens with zero attached hydrogens (tertiary/aromatic N) is 1. The summed E-state index contributed by atoms with van der Waals surface area (Å²) >= 11 is 0. The lowest BCUT2D eigenvalue weighted by Gasteiger charge is -2.41. The standard InChI is InChI=1S/C15H24N2O8S/c1-7(2)23-13(20)25-15(5,6)24-12(19)9-14(3,4)26(21,22)11-8(16)10(18)17(9)11/h7-9,11H,16H2,1-6H3/t8?,9-,11+/m0/s1. The summed E-state index contributed by atoms with van der Waals surface area (Å²) in [5, 5.41) is -1.27. The van der Waals surface area contributed by atoms with E-state index in [0.717, 1.165) is 4.90 Å². The molecule has 2 saturated heterocycles. The van der Waals surface area contributed by atoms with Gasteiger partial charge in [-0.25, -0.2) is 18.0 Å². The Morgan fingerprint density at radius 2 is 1.77 bits per heavy atom. The number of rotatable bonds is 4. The molecule has 0 aromatic rings. The maximum Gasteiger partial charge on any atom is 0.511 e. The van der Waals surface area contributed by atoms with Gasteiger partial charge in [-0.15, -0.1) is 0 Å². The van der Waals surface area contributed by atoms with Crippen LogP contribution in [-0.2, 0) is 33.6 Å². The molecule has 2 aliphatic rings. The predicted molar refractivity (Wildman–Crippen MR) is 88.3 cm³/mol. The summed E-state index contributed by atoms with van der Waals surface area (Å²) in [6.45, 7) is 8.48. The summed E-state index contributed by atoms with van der Waals surface area (Å²) in [5.41, 5.74) is 5.60. The molecule has 2 heterocycles. The second kappa shape index (κ2) is 6.08. The molecular formula is C15H24N2O8S. The Labute approximate surface area is 151 Å². The highest BCUT2D eigenvalue weighted by molar-refractivity contribution is 7.94. The van der Waals surface area contributed by atoms with E-state index in [-0.39, 0.29) is 0 Å². The largest absolute Gasteiger partial charge is 0.511 e. The van der Waals surface area contributed by atoms with Crippen molar-refractivity contribution in [2.45, 2.75) is 75.6 Å². The Morgan fingerprint density at radius 1 is 1.23 bits per heavy atom. The quantitative estimate of drug-likeness (QED) is 0.394. The first-order chi connectivity index (χ1) is 11.6. The van der Waals surface area contributed by atoms with Gasteiger partial charge in [0.2, 0.25) is 5.91 Å². The fourth-order valence-electron chi connectivity index (χ4n) is 3.06. The maximum absolute atomic E-state index is 12.7. The van der Waals surface area contributed by atoms with Crippen molar-refractivity contribution >= 4 is 27.9 Å². The topological polar surface area (TPSA) is 142 Å². The Kier molecular flexibility index (Phi) is 4.78. The summed E-state index contributed by atoms with van der Waals surface area (Å²) < 4.78 is 38.6. The Morgan fingerprint density at radius 3 is 2.27 bits per heavy atom. The number of hydrogen-bond acceptors (Lipinski definition) is 9. The van der Waals surface area contributed by atoms with Gasteiger partial charge in [0.05, 0.1) is 6.10 Å². The lowest BCUT2D eigenvalue weighted by Crippen LogP contribution is -2.70. The number of nitrogens with two attached hydrogens (primary N) is 1. The van der Waals surface area contributed by atoms with Crippen LogP contribution in [0.5, 0.6) is 0 Å². The number of fused-ring (bicyclic) bond motifs is 1. The third kappa shape index (κ3) is 3.02. The van der Waals surface area contributed by atoms with Crippen LogP contribution in [-0.4, -0.2) is 65.4 Å². The second-order valence-corrected chi connectivity index (χ2v) is 10.2. The van der Waals surface area contributed by atoms with Gasteiger partial charge in [-0.3, -0.25) is 4.79 Å². The smallest absolute Gasteiger partial charge is 0.431 e. The van der Waals surface area contributed by atoms with Crippen LogP contribution in [0.1, 0.15) is 41.5 Å². The zero-order valence-electron chi connectivity index (χ0n) is 15.5. The summed E-state index contributed by atoms with van der Waals surface area (Å²) in [6.07, 6.45) is -1.48. The van der Waals surface area contributed by atoms with Crippen molar-refractivity contribution < 1.29 is 37.0 Å². The van der Waals surface area contributed by atoms with Crippen molar-refractivity contribution in [3.63, 3.8) is 0 Å². The summed E-state index contributed by atoms with van der Waals surface area (Å²) in [6, 6.07) is -2.60. The fraction of sp³-hybridized carbons (Fsp3) is 0.800. The Balaban J connectivity index is 2.21. The number of carbonyl (C=O) groups excluding carboxylic acids is 3. The molecule has 2 fully saturated rings. The molecule has 0 saturated carbocycles. The third-order valence-electron chi connectivity index (χ3n) is 4.34. The van der Waals surface area contributed by atoms with Crippen molar-refractivity contribution in [1.82, 2.24) is 4.90 Å². The number of hydrogen-bond donors (Lipinski definition) is 1. The minimum Gasteiger partial charge on any atom is -0.431 e. The maximum atomic E-state index is 12.7. The second-order valence-electron chi connectivity index (χ2n) is 7.55. The van der Waals surface area contributed by atoms with Gasteiger partial charge in [-0.1, -0.05) is 0 Å². The number of β-lactam (4-membered cyclic amide) rings is 1. The SMILES string of the molecule is CC(C)OC(=O)OC(C)(C)OC(=O)[C@@H]1N2C(=O)C(N)[C@H]2S(=O)(=O)C1(C)C. The molecule has 2 aliphatic heterocycles. The van der Waals surface area contributed by atoms with E-state index in [1.54, 1.807) is 13.8 Å². The van der Waals surface area contributed by atoms with Crippen molar-refractivity contribution in [1.29, 1.82) is 0 Å². The molecule has 11 heteroatoms. The van der Waals surface area contributed by atoms with Crippen LogP contribution < -0.4 is 5.73 Å². The molecule has 148 valence electrons. The molecule has 0 bridgehead atoms. The van der Waals surface area contributed by atoms with Gasteiger partial charge in [-0.05, 0) is 27.7 Å². The van der Waals surface area contributed by atoms with Crippen molar-refractivity contribution in [2.24, 2.45) is 5.73 Å². The van der Waals surface area contributed by atoms with E-state index >= 15 is 0 Å². The van der Waals surface area contributed by atoms with E-state index in [0.29, 0.717) is 0 Å². The normalized spacial score (nSPS) is 29.0. The van der Waals surface area contributed by atoms with Crippen LogP contribution in [0.4, 0.5) is 4.79 Å². The molecule has 0 spiro atoms.